The van der Waals surface area contributed by atoms with E-state index < -0.39 is 6.03 Å². The lowest BCUT2D eigenvalue weighted by atomic mass is 10.2. The van der Waals surface area contributed by atoms with Gasteiger partial charge in [-0.15, -0.1) is 0 Å². The minimum absolute atomic E-state index is 0.100. The number of carbonyl (C=O) groups excluding carboxylic acids is 3. The minimum atomic E-state index is -0.397. The number of aryl methyl sites for hydroxylation is 1. The molecule has 8 heteroatoms. The first-order chi connectivity index (χ1) is 13.9. The summed E-state index contributed by atoms with van der Waals surface area (Å²) in [5.41, 5.74) is 2.59. The SMILES string of the molecule is CCC(=O)Nc1ccc(C)c(NC(=O)NCCNC(=O)c2ccc(OC)cc2)c1. The molecule has 0 spiro atoms. The number of urea groups is 1. The molecule has 0 radical (unpaired) electrons. The second-order valence-electron chi connectivity index (χ2n) is 6.30. The summed E-state index contributed by atoms with van der Waals surface area (Å²) in [6.45, 7) is 4.17. The zero-order valence-electron chi connectivity index (χ0n) is 16.8. The van der Waals surface area contributed by atoms with Gasteiger partial charge in [0.25, 0.3) is 5.91 Å². The molecule has 0 aliphatic rings. The highest BCUT2D eigenvalue weighted by Gasteiger charge is 2.08. The minimum Gasteiger partial charge on any atom is -0.497 e. The van der Waals surface area contributed by atoms with Gasteiger partial charge in [0, 0.05) is 36.4 Å². The highest BCUT2D eigenvalue weighted by Crippen LogP contribution is 2.20. The molecule has 4 N–H and O–H groups in total. The Bertz CT molecular complexity index is 865. The summed E-state index contributed by atoms with van der Waals surface area (Å²) < 4.78 is 5.06. The number of benzene rings is 2. The summed E-state index contributed by atoms with van der Waals surface area (Å²) in [5.74, 6) is 0.343. The summed E-state index contributed by atoms with van der Waals surface area (Å²) in [7, 11) is 1.56. The van der Waals surface area contributed by atoms with Crippen LogP contribution >= 0.6 is 0 Å². The predicted molar refractivity (Wildman–Crippen MR) is 112 cm³/mol. The zero-order chi connectivity index (χ0) is 21.2. The molecular weight excluding hydrogens is 372 g/mol. The molecule has 0 aliphatic heterocycles. The van der Waals surface area contributed by atoms with Gasteiger partial charge in [-0.25, -0.2) is 4.79 Å². The standard InChI is InChI=1S/C21H26N4O4/c1-4-19(26)24-16-8-5-14(2)18(13-16)25-21(28)23-12-11-22-20(27)15-6-9-17(29-3)10-7-15/h5-10,13H,4,11-12H2,1-3H3,(H,22,27)(H,24,26)(H2,23,25,28). The van der Waals surface area contributed by atoms with Crippen molar-refractivity contribution in [1.82, 2.24) is 10.6 Å². The van der Waals surface area contributed by atoms with E-state index in [4.69, 9.17) is 4.74 Å². The number of hydrogen-bond acceptors (Lipinski definition) is 4. The first kappa shape index (κ1) is 21.7. The maximum atomic E-state index is 12.1. The van der Waals surface area contributed by atoms with Gasteiger partial charge in [-0.3, -0.25) is 9.59 Å². The third kappa shape index (κ3) is 6.84. The van der Waals surface area contributed by atoms with E-state index in [0.717, 1.165) is 5.56 Å². The van der Waals surface area contributed by atoms with E-state index in [2.05, 4.69) is 21.3 Å². The number of anilines is 2. The van der Waals surface area contributed by atoms with Gasteiger partial charge in [0.2, 0.25) is 5.91 Å². The van der Waals surface area contributed by atoms with E-state index >= 15 is 0 Å². The molecule has 0 atom stereocenters. The van der Waals surface area contributed by atoms with Gasteiger partial charge < -0.3 is 26.0 Å². The number of amides is 4. The fourth-order valence-corrected chi connectivity index (χ4v) is 2.45. The molecule has 0 saturated carbocycles. The van der Waals surface area contributed by atoms with Gasteiger partial charge >= 0.3 is 6.03 Å². The molecule has 2 aromatic carbocycles. The van der Waals surface area contributed by atoms with Crippen LogP contribution in [0.25, 0.3) is 0 Å². The van der Waals surface area contributed by atoms with E-state index in [1.54, 1.807) is 50.4 Å². The molecule has 0 fully saturated rings. The molecule has 2 aromatic rings. The van der Waals surface area contributed by atoms with E-state index in [1.807, 2.05) is 13.0 Å². The number of ether oxygens (including phenoxy) is 1. The summed E-state index contributed by atoms with van der Waals surface area (Å²) in [6.07, 6.45) is 0.374. The lowest BCUT2D eigenvalue weighted by molar-refractivity contribution is -0.115. The van der Waals surface area contributed by atoms with Crippen molar-refractivity contribution >= 4 is 29.2 Å². The average molecular weight is 398 g/mol. The fraction of sp³-hybridized carbons (Fsp3) is 0.286. The first-order valence-electron chi connectivity index (χ1n) is 9.30. The third-order valence-electron chi connectivity index (χ3n) is 4.14. The van der Waals surface area contributed by atoms with E-state index in [-0.39, 0.29) is 24.9 Å². The van der Waals surface area contributed by atoms with Crippen LogP contribution in [0, 0.1) is 6.92 Å². The lowest BCUT2D eigenvalue weighted by Gasteiger charge is -2.12. The Hall–Kier alpha value is -3.55. The number of nitrogens with one attached hydrogen (secondary N) is 4. The number of rotatable bonds is 8. The van der Waals surface area contributed by atoms with Crippen LogP contribution < -0.4 is 26.0 Å². The molecule has 8 nitrogen and oxygen atoms in total. The van der Waals surface area contributed by atoms with Crippen LogP contribution in [-0.4, -0.2) is 38.0 Å². The Morgan fingerprint density at radius 1 is 0.931 bits per heavy atom. The average Bonchev–Trinajstić information content (AvgIpc) is 2.73. The van der Waals surface area contributed by atoms with Crippen LogP contribution in [0.3, 0.4) is 0 Å². The Kier molecular flexibility index (Phi) is 8.02. The molecule has 29 heavy (non-hydrogen) atoms. The molecule has 4 amide bonds. The summed E-state index contributed by atoms with van der Waals surface area (Å²) in [6, 6.07) is 11.7. The number of methoxy groups -OCH3 is 1. The fourth-order valence-electron chi connectivity index (χ4n) is 2.45. The van der Waals surface area contributed by atoms with Gasteiger partial charge in [-0.2, -0.15) is 0 Å². The smallest absolute Gasteiger partial charge is 0.319 e. The molecule has 0 aromatic heterocycles. The van der Waals surface area contributed by atoms with Crippen LogP contribution in [0.1, 0.15) is 29.3 Å². The van der Waals surface area contributed by atoms with E-state index in [0.29, 0.717) is 29.1 Å². The lowest BCUT2D eigenvalue weighted by Crippen LogP contribution is -2.36. The van der Waals surface area contributed by atoms with Crippen molar-refractivity contribution in [2.75, 3.05) is 30.8 Å². The molecule has 0 bridgehead atoms. The van der Waals surface area contributed by atoms with Crippen molar-refractivity contribution in [2.24, 2.45) is 0 Å². The maximum absolute atomic E-state index is 12.1. The van der Waals surface area contributed by atoms with Crippen molar-refractivity contribution in [3.63, 3.8) is 0 Å². The predicted octanol–water partition coefficient (Wildman–Crippen LogP) is 2.90. The molecule has 154 valence electrons. The van der Waals surface area contributed by atoms with Crippen molar-refractivity contribution in [1.29, 1.82) is 0 Å². The van der Waals surface area contributed by atoms with Crippen LogP contribution in [0.4, 0.5) is 16.2 Å². The molecule has 0 unspecified atom stereocenters. The van der Waals surface area contributed by atoms with E-state index in [9.17, 15) is 14.4 Å². The Labute approximate surface area is 170 Å². The topological polar surface area (TPSA) is 109 Å². The summed E-state index contributed by atoms with van der Waals surface area (Å²) >= 11 is 0. The number of carbonyl (C=O) groups is 3. The number of hydrogen-bond donors (Lipinski definition) is 4. The van der Waals surface area contributed by atoms with Crippen molar-refractivity contribution < 1.29 is 19.1 Å². The maximum Gasteiger partial charge on any atom is 0.319 e. The van der Waals surface area contributed by atoms with Crippen LogP contribution in [0.15, 0.2) is 42.5 Å². The highest BCUT2D eigenvalue weighted by atomic mass is 16.5. The Morgan fingerprint density at radius 3 is 2.28 bits per heavy atom. The monoisotopic (exact) mass is 398 g/mol. The zero-order valence-corrected chi connectivity index (χ0v) is 16.8. The molecule has 0 heterocycles. The molecule has 0 aliphatic carbocycles. The summed E-state index contributed by atoms with van der Waals surface area (Å²) in [4.78, 5) is 35.7. The second kappa shape index (κ2) is 10.7. The summed E-state index contributed by atoms with van der Waals surface area (Å²) in [5, 5.41) is 10.9. The Balaban J connectivity index is 1.78. The largest absolute Gasteiger partial charge is 0.497 e. The van der Waals surface area contributed by atoms with Gasteiger partial charge in [0.05, 0.1) is 7.11 Å². The van der Waals surface area contributed by atoms with Gasteiger partial charge in [-0.05, 0) is 48.9 Å². The third-order valence-corrected chi connectivity index (χ3v) is 4.14. The van der Waals surface area contributed by atoms with Crippen molar-refractivity contribution in [3.8, 4) is 5.75 Å². The van der Waals surface area contributed by atoms with Gasteiger partial charge in [0.15, 0.2) is 0 Å². The van der Waals surface area contributed by atoms with Crippen LogP contribution in [-0.2, 0) is 4.79 Å². The van der Waals surface area contributed by atoms with Gasteiger partial charge in [0.1, 0.15) is 5.75 Å². The normalized spacial score (nSPS) is 10.0. The van der Waals surface area contributed by atoms with Crippen molar-refractivity contribution in [2.45, 2.75) is 20.3 Å². The quantitative estimate of drug-likeness (QED) is 0.513. The van der Waals surface area contributed by atoms with Crippen LogP contribution in [0.5, 0.6) is 5.75 Å². The van der Waals surface area contributed by atoms with Crippen molar-refractivity contribution in [3.05, 3.63) is 53.6 Å². The molecule has 2 rings (SSSR count). The van der Waals surface area contributed by atoms with Gasteiger partial charge in [-0.1, -0.05) is 13.0 Å². The highest BCUT2D eigenvalue weighted by molar-refractivity contribution is 5.95. The first-order valence-corrected chi connectivity index (χ1v) is 9.30. The Morgan fingerprint density at radius 2 is 1.62 bits per heavy atom. The van der Waals surface area contributed by atoms with E-state index in [1.165, 1.54) is 0 Å². The molecular formula is C21H26N4O4. The molecule has 0 saturated heterocycles. The van der Waals surface area contributed by atoms with Crippen LogP contribution in [0.2, 0.25) is 0 Å². The second-order valence-corrected chi connectivity index (χ2v) is 6.30.